The number of fused-ring (bicyclic) bond motifs is 2. The molecule has 0 unspecified atom stereocenters. The maximum Gasteiger partial charge on any atom is 0.494 e. The number of carbonyl (C=O) groups is 3. The fraction of sp³-hybridized carbons (Fsp3) is 0.412. The van der Waals surface area contributed by atoms with Gasteiger partial charge in [-0.25, -0.2) is 19.8 Å². The van der Waals surface area contributed by atoms with E-state index in [0.717, 1.165) is 39.0 Å². The molecular formula is C34H38BN7O6. The Morgan fingerprint density at radius 2 is 1.71 bits per heavy atom. The van der Waals surface area contributed by atoms with Crippen LogP contribution in [0.5, 0.6) is 0 Å². The number of hydrazine groups is 1. The van der Waals surface area contributed by atoms with Gasteiger partial charge < -0.3 is 24.3 Å². The average Bonchev–Trinajstić information content (AvgIpc) is 3.63. The summed E-state index contributed by atoms with van der Waals surface area (Å²) in [5, 5.41) is 5.54. The quantitative estimate of drug-likeness (QED) is 0.306. The minimum atomic E-state index is -0.871. The Labute approximate surface area is 278 Å². The number of H-pyrrole nitrogens is 1. The Balaban J connectivity index is 1.09. The first-order valence-corrected chi connectivity index (χ1v) is 16.2. The van der Waals surface area contributed by atoms with E-state index >= 15 is 0 Å². The van der Waals surface area contributed by atoms with Crippen LogP contribution in [0.2, 0.25) is 0 Å². The molecule has 2 aromatic heterocycles. The van der Waals surface area contributed by atoms with Crippen LogP contribution in [0.15, 0.2) is 54.9 Å². The number of ether oxygens (including phenoxy) is 1. The number of nitrogens with zero attached hydrogens (tertiary/aromatic N) is 5. The molecule has 7 rings (SSSR count). The van der Waals surface area contributed by atoms with Crippen molar-refractivity contribution in [2.24, 2.45) is 0 Å². The Morgan fingerprint density at radius 1 is 0.979 bits per heavy atom. The summed E-state index contributed by atoms with van der Waals surface area (Å²) in [7, 11) is 0.768. The van der Waals surface area contributed by atoms with Gasteiger partial charge >= 0.3 is 13.2 Å². The van der Waals surface area contributed by atoms with Gasteiger partial charge in [-0.15, -0.1) is 0 Å². The van der Waals surface area contributed by atoms with Gasteiger partial charge in [0.05, 0.1) is 53.1 Å². The number of aromatic nitrogens is 4. The van der Waals surface area contributed by atoms with E-state index in [1.54, 1.807) is 12.4 Å². The van der Waals surface area contributed by atoms with Crippen molar-refractivity contribution in [1.29, 1.82) is 0 Å². The molecule has 2 atom stereocenters. The summed E-state index contributed by atoms with van der Waals surface area (Å²) in [6.07, 6.45) is 4.45. The standard InChI is InChI=1S/C34H38BN7O6/c1-33(2)34(3,4)48-35(47-33)22-12-13-23-25(17-22)36-18-26(38-23)20-8-10-21(11-9-20)27-19-37-30(39-27)28-7-6-16-41-29(43)15-14-24(31(44)42(28)41)40-32(45)46-5/h8-13,17-19,24,28H,6-7,14-16H2,1-5H3,(H,37,39)(H,40,45)/t24-,28-/m0/s1. The number of rotatable bonds is 5. The van der Waals surface area contributed by atoms with Gasteiger partial charge in [0.1, 0.15) is 17.9 Å². The van der Waals surface area contributed by atoms with Crippen LogP contribution in [-0.4, -0.2) is 85.9 Å². The smallest absolute Gasteiger partial charge is 0.453 e. The van der Waals surface area contributed by atoms with Gasteiger partial charge in [-0.2, -0.15) is 0 Å². The lowest BCUT2D eigenvalue weighted by Crippen LogP contribution is -2.57. The van der Waals surface area contributed by atoms with E-state index in [0.29, 0.717) is 25.2 Å². The number of nitrogens with one attached hydrogen (secondary N) is 2. The molecule has 2 aromatic carbocycles. The van der Waals surface area contributed by atoms with Crippen LogP contribution < -0.4 is 10.8 Å². The molecule has 4 aromatic rings. The number of amides is 3. The summed E-state index contributed by atoms with van der Waals surface area (Å²) in [4.78, 5) is 56.1. The molecule has 48 heavy (non-hydrogen) atoms. The molecule has 3 aliphatic rings. The number of carbonyl (C=O) groups excluding carboxylic acids is 3. The lowest BCUT2D eigenvalue weighted by atomic mass is 9.79. The summed E-state index contributed by atoms with van der Waals surface area (Å²) >= 11 is 0. The molecule has 3 fully saturated rings. The van der Waals surface area contributed by atoms with Gasteiger partial charge in [0.2, 0.25) is 5.91 Å². The molecule has 0 spiro atoms. The van der Waals surface area contributed by atoms with Gasteiger partial charge in [-0.1, -0.05) is 30.3 Å². The zero-order valence-corrected chi connectivity index (χ0v) is 27.6. The molecular weight excluding hydrogens is 613 g/mol. The van der Waals surface area contributed by atoms with E-state index in [9.17, 15) is 14.4 Å². The number of benzene rings is 2. The van der Waals surface area contributed by atoms with E-state index in [-0.39, 0.29) is 24.7 Å². The number of methoxy groups -OCH3 is 1. The third kappa shape index (κ3) is 5.68. The van der Waals surface area contributed by atoms with Gasteiger partial charge in [0.25, 0.3) is 5.91 Å². The van der Waals surface area contributed by atoms with Crippen molar-refractivity contribution in [3.63, 3.8) is 0 Å². The normalized spacial score (nSPS) is 22.1. The van der Waals surface area contributed by atoms with Crippen LogP contribution in [0.3, 0.4) is 0 Å². The predicted molar refractivity (Wildman–Crippen MR) is 177 cm³/mol. The molecule has 3 saturated heterocycles. The number of alkyl carbamates (subject to hydrolysis) is 1. The van der Waals surface area contributed by atoms with Crippen LogP contribution in [0, 0.1) is 0 Å². The fourth-order valence-electron chi connectivity index (χ4n) is 6.38. The third-order valence-corrected chi connectivity index (χ3v) is 9.83. The van der Waals surface area contributed by atoms with E-state index in [1.807, 2.05) is 70.2 Å². The largest absolute Gasteiger partial charge is 0.494 e. The van der Waals surface area contributed by atoms with Gasteiger partial charge in [-0.05, 0) is 70.1 Å². The Hall–Kier alpha value is -4.82. The Bertz CT molecular complexity index is 1880. The minimum Gasteiger partial charge on any atom is -0.453 e. The van der Waals surface area contributed by atoms with E-state index < -0.39 is 36.5 Å². The molecule has 0 radical (unpaired) electrons. The first-order chi connectivity index (χ1) is 22.9. The predicted octanol–water partition coefficient (Wildman–Crippen LogP) is 3.91. The summed E-state index contributed by atoms with van der Waals surface area (Å²) < 4.78 is 17.1. The summed E-state index contributed by atoms with van der Waals surface area (Å²) in [6, 6.07) is 12.4. The molecule has 0 aliphatic carbocycles. The highest BCUT2D eigenvalue weighted by Gasteiger charge is 2.51. The molecule has 0 saturated carbocycles. The van der Waals surface area contributed by atoms with Gasteiger partial charge in [-0.3, -0.25) is 19.6 Å². The second-order valence-corrected chi connectivity index (χ2v) is 13.4. The topological polar surface area (TPSA) is 152 Å². The summed E-state index contributed by atoms with van der Waals surface area (Å²) in [5.41, 5.74) is 4.88. The molecule has 2 N–H and O–H groups in total. The fourth-order valence-corrected chi connectivity index (χ4v) is 6.38. The maximum absolute atomic E-state index is 13.6. The lowest BCUT2D eigenvalue weighted by molar-refractivity contribution is -0.174. The zero-order chi connectivity index (χ0) is 33.8. The van der Waals surface area contributed by atoms with Crippen LogP contribution in [0.1, 0.15) is 65.2 Å². The van der Waals surface area contributed by atoms with E-state index in [2.05, 4.69) is 15.3 Å². The SMILES string of the molecule is COC(=O)N[C@H]1CCC(=O)N2CCC[C@@H](c3ncc(-c4ccc(-c5cnc6cc(B7OC(C)(C)C(C)(C)O7)ccc6n5)cc4)[nH]3)N2C1=O. The second kappa shape index (κ2) is 12.0. The van der Waals surface area contributed by atoms with Crippen molar-refractivity contribution in [1.82, 2.24) is 35.3 Å². The monoisotopic (exact) mass is 651 g/mol. The summed E-state index contributed by atoms with van der Waals surface area (Å²) in [5.74, 6) is 0.0461. The number of hydrogen-bond donors (Lipinski definition) is 2. The maximum atomic E-state index is 13.6. The van der Waals surface area contributed by atoms with E-state index in [4.69, 9.17) is 24.0 Å². The highest BCUT2D eigenvalue weighted by molar-refractivity contribution is 6.62. The first-order valence-electron chi connectivity index (χ1n) is 16.2. The van der Waals surface area contributed by atoms with Crippen molar-refractivity contribution in [3.8, 4) is 22.5 Å². The van der Waals surface area contributed by atoms with Crippen molar-refractivity contribution in [3.05, 3.63) is 60.7 Å². The van der Waals surface area contributed by atoms with Crippen LogP contribution in [-0.2, 0) is 23.6 Å². The van der Waals surface area contributed by atoms with Crippen molar-refractivity contribution in [2.45, 2.75) is 76.7 Å². The van der Waals surface area contributed by atoms with Gasteiger partial charge in [0.15, 0.2) is 0 Å². The summed E-state index contributed by atoms with van der Waals surface area (Å²) in [6.45, 7) is 8.56. The van der Waals surface area contributed by atoms with Crippen molar-refractivity contribution < 1.29 is 28.4 Å². The first kappa shape index (κ1) is 31.8. The molecule has 0 bridgehead atoms. The van der Waals surface area contributed by atoms with Crippen LogP contribution >= 0.6 is 0 Å². The van der Waals surface area contributed by atoms with Crippen molar-refractivity contribution in [2.75, 3.05) is 13.7 Å². The average molecular weight is 652 g/mol. The highest BCUT2D eigenvalue weighted by atomic mass is 16.7. The Kier molecular flexibility index (Phi) is 7.95. The van der Waals surface area contributed by atoms with E-state index in [1.165, 1.54) is 17.1 Å². The number of hydrogen-bond acceptors (Lipinski definition) is 9. The molecule has 13 nitrogen and oxygen atoms in total. The third-order valence-electron chi connectivity index (χ3n) is 9.83. The molecule has 3 aliphatic heterocycles. The van der Waals surface area contributed by atoms with Crippen LogP contribution in [0.25, 0.3) is 33.5 Å². The van der Waals surface area contributed by atoms with Gasteiger partial charge in [0, 0.05) is 18.5 Å². The molecule has 248 valence electrons. The number of aromatic amines is 1. The molecule has 14 heteroatoms. The second-order valence-electron chi connectivity index (χ2n) is 13.4. The molecule has 5 heterocycles. The van der Waals surface area contributed by atoms with Crippen molar-refractivity contribution >= 4 is 41.5 Å². The highest BCUT2D eigenvalue weighted by Crippen LogP contribution is 2.37. The lowest BCUT2D eigenvalue weighted by Gasteiger charge is -2.42. The Morgan fingerprint density at radius 3 is 2.44 bits per heavy atom. The van der Waals surface area contributed by atoms with Crippen LogP contribution in [0.4, 0.5) is 4.79 Å². The minimum absolute atomic E-state index is 0.142. The molecule has 3 amide bonds. The zero-order valence-electron chi connectivity index (χ0n) is 27.6. The number of imidazole rings is 1.